The number of benzene rings is 2. The number of carbonyl (C=O) groups is 4. The van der Waals surface area contributed by atoms with Crippen molar-refractivity contribution in [1.29, 1.82) is 0 Å². The SMILES string of the molecule is COC(=O)C(C)=CCC12OC(C)(C)C3CC(C1=O)C(N1CCN(c4cc5c(cc4F)c(=O)c(C(=O)O)cn5C4CC4)CC1)C1C(=O)c4c(O)c5c(c(CC=C(C)C)c4OC132)OC(C)(CCC=C(C)C)C=C5. The Bertz CT molecular complexity index is 3020. The van der Waals surface area contributed by atoms with Gasteiger partial charge < -0.3 is 38.6 Å². The maximum absolute atomic E-state index is 16.3. The molecule has 14 nitrogen and oxygen atoms in total. The van der Waals surface area contributed by atoms with E-state index in [9.17, 15) is 24.6 Å². The molecule has 2 saturated heterocycles. The van der Waals surface area contributed by atoms with Gasteiger partial charge in [-0.15, -0.1) is 0 Å². The maximum Gasteiger partial charge on any atom is 0.341 e. The molecule has 3 aromatic rings. The van der Waals surface area contributed by atoms with Crippen molar-refractivity contribution in [3.8, 4) is 17.2 Å². The van der Waals surface area contributed by atoms with Crippen molar-refractivity contribution in [2.24, 2.45) is 17.8 Å². The summed E-state index contributed by atoms with van der Waals surface area (Å²) >= 11 is 0. The summed E-state index contributed by atoms with van der Waals surface area (Å²) in [4.78, 5) is 74.2. The van der Waals surface area contributed by atoms with Crippen molar-refractivity contribution in [2.75, 3.05) is 38.2 Å². The summed E-state index contributed by atoms with van der Waals surface area (Å²) in [6.45, 7) is 16.8. The molecule has 376 valence electrons. The number of allylic oxidation sites excluding steroid dienone is 4. The zero-order valence-electron chi connectivity index (χ0n) is 42.1. The molecular formula is C56H64FN3O11. The van der Waals surface area contributed by atoms with Crippen LogP contribution < -0.4 is 19.8 Å². The number of carboxylic acid groups (broad SMARTS) is 1. The Morgan fingerprint density at radius 2 is 1.65 bits per heavy atom. The van der Waals surface area contributed by atoms with E-state index in [4.69, 9.17) is 18.9 Å². The summed E-state index contributed by atoms with van der Waals surface area (Å²) in [6.07, 6.45) is 14.5. The molecular weight excluding hydrogens is 910 g/mol. The number of methoxy groups -OCH3 is 1. The van der Waals surface area contributed by atoms with E-state index in [2.05, 4.69) is 11.0 Å². The first kappa shape index (κ1) is 48.6. The van der Waals surface area contributed by atoms with E-state index in [1.165, 1.54) is 18.9 Å². The Morgan fingerprint density at radius 3 is 2.30 bits per heavy atom. The number of phenolic OH excluding ortho intramolecular Hbond substituents is 1. The van der Waals surface area contributed by atoms with Gasteiger partial charge in [-0.1, -0.05) is 29.4 Å². The highest BCUT2D eigenvalue weighted by Crippen LogP contribution is 2.71. The lowest BCUT2D eigenvalue weighted by Gasteiger charge is -2.65. The molecule has 4 bridgehead atoms. The number of Topliss-reactive ketones (excluding diaryl/α,β-unsaturated/α-hetero) is 2. The number of pyridine rings is 1. The normalized spacial score (nSPS) is 29.2. The summed E-state index contributed by atoms with van der Waals surface area (Å²) in [7, 11) is 1.29. The van der Waals surface area contributed by atoms with Gasteiger partial charge in [0.15, 0.2) is 22.8 Å². The predicted molar refractivity (Wildman–Crippen MR) is 265 cm³/mol. The minimum absolute atomic E-state index is 0.000296. The fourth-order valence-electron chi connectivity index (χ4n) is 13.1. The number of carbonyl (C=O) groups excluding carboxylic acids is 3. The van der Waals surface area contributed by atoms with E-state index in [1.54, 1.807) is 23.6 Å². The number of aromatic hydroxyl groups is 1. The molecule has 5 heterocycles. The molecule has 8 aliphatic rings. The molecule has 6 fully saturated rings. The van der Waals surface area contributed by atoms with E-state index >= 15 is 14.0 Å². The molecule has 4 aliphatic heterocycles. The van der Waals surface area contributed by atoms with Crippen LogP contribution in [0.15, 0.2) is 64.1 Å². The molecule has 0 amide bonds. The summed E-state index contributed by atoms with van der Waals surface area (Å²) in [5.74, 6) is -5.13. The van der Waals surface area contributed by atoms with Crippen molar-refractivity contribution < 1.29 is 52.7 Å². The average Bonchev–Trinajstić information content (AvgIpc) is 4.15. The van der Waals surface area contributed by atoms with E-state index in [0.717, 1.165) is 30.9 Å². The van der Waals surface area contributed by atoms with Gasteiger partial charge in [-0.3, -0.25) is 19.3 Å². The van der Waals surface area contributed by atoms with Gasteiger partial charge in [-0.2, -0.15) is 0 Å². The predicted octanol–water partition coefficient (Wildman–Crippen LogP) is 8.70. The fourth-order valence-corrected chi connectivity index (χ4v) is 13.1. The van der Waals surface area contributed by atoms with Crippen LogP contribution >= 0.6 is 0 Å². The number of piperazine rings is 1. The smallest absolute Gasteiger partial charge is 0.341 e. The lowest BCUT2D eigenvalue weighted by molar-refractivity contribution is -0.213. The van der Waals surface area contributed by atoms with Crippen LogP contribution in [-0.2, 0) is 25.5 Å². The van der Waals surface area contributed by atoms with Crippen LogP contribution in [0.4, 0.5) is 10.1 Å². The molecule has 1 aromatic heterocycles. The number of aromatic carboxylic acids is 1. The summed E-state index contributed by atoms with van der Waals surface area (Å²) < 4.78 is 44.8. The van der Waals surface area contributed by atoms with Gasteiger partial charge in [-0.05, 0) is 118 Å². The van der Waals surface area contributed by atoms with Gasteiger partial charge in [0.05, 0.1) is 35.4 Å². The van der Waals surface area contributed by atoms with E-state index in [1.807, 2.05) is 71.6 Å². The number of carboxylic acids is 1. The van der Waals surface area contributed by atoms with Crippen LogP contribution in [0.5, 0.6) is 17.2 Å². The van der Waals surface area contributed by atoms with Gasteiger partial charge in [0, 0.05) is 79.2 Å². The first-order valence-electron chi connectivity index (χ1n) is 25.0. The fraction of sp³-hybridized carbons (Fsp3) is 0.518. The number of aromatic nitrogens is 1. The van der Waals surface area contributed by atoms with Crippen LogP contribution in [0.1, 0.15) is 132 Å². The lowest BCUT2D eigenvalue weighted by Crippen LogP contribution is -2.82. The zero-order chi connectivity index (χ0) is 50.9. The number of rotatable bonds is 12. The Balaban J connectivity index is 1.10. The number of nitrogens with zero attached hydrogens (tertiary/aromatic N) is 3. The molecule has 7 atom stereocenters. The van der Waals surface area contributed by atoms with Crippen LogP contribution in [0.2, 0.25) is 0 Å². The number of fused-ring (bicyclic) bond motifs is 3. The molecule has 7 unspecified atom stereocenters. The molecule has 15 heteroatoms. The third-order valence-corrected chi connectivity index (χ3v) is 16.6. The Kier molecular flexibility index (Phi) is 11.7. The highest BCUT2D eigenvalue weighted by atomic mass is 19.1. The van der Waals surface area contributed by atoms with Gasteiger partial charge in [0.1, 0.15) is 39.8 Å². The quantitative estimate of drug-likeness (QED) is 0.100. The van der Waals surface area contributed by atoms with Crippen LogP contribution in [0, 0.1) is 23.6 Å². The van der Waals surface area contributed by atoms with Crippen molar-refractivity contribution in [3.63, 3.8) is 0 Å². The third-order valence-electron chi connectivity index (χ3n) is 16.6. The Morgan fingerprint density at radius 1 is 0.944 bits per heavy atom. The molecule has 71 heavy (non-hydrogen) atoms. The van der Waals surface area contributed by atoms with Crippen molar-refractivity contribution in [1.82, 2.24) is 9.47 Å². The minimum atomic E-state index is -1.74. The number of hydrogen-bond acceptors (Lipinski definition) is 12. The summed E-state index contributed by atoms with van der Waals surface area (Å²) in [6, 6.07) is 2.06. The standard InChI is InChI=1S/C56H64FN3O11/c1-29(2)11-10-18-54(8)19-17-33-46(62)42-47(63)43-44(59-23-21-58(22-24-59)40-27-39-35(25-38(40)57)45(61)37(51(65)66)28-60(39)32-13-14-32)36-26-41-53(6,7)71-55(50(36)64,20-16-31(5)52(67)68-9)56(41,43)70-49(42)34(48(33)69-54)15-12-30(3)4/h11-12,16-17,19,25,27-28,32,36,41,43-44,62H,10,13-15,18,20-24,26H2,1-9H3,(H,65,66). The van der Waals surface area contributed by atoms with Crippen LogP contribution in [-0.4, -0.2) is 105 Å². The number of ketones is 2. The second-order valence-corrected chi connectivity index (χ2v) is 22.1. The minimum Gasteiger partial charge on any atom is -0.506 e. The topological polar surface area (TPSA) is 174 Å². The third kappa shape index (κ3) is 7.41. The van der Waals surface area contributed by atoms with Crippen LogP contribution in [0.3, 0.4) is 0 Å². The second kappa shape index (κ2) is 17.0. The number of hydrogen-bond donors (Lipinski definition) is 2. The van der Waals surface area contributed by atoms with Gasteiger partial charge >= 0.3 is 11.9 Å². The molecule has 0 radical (unpaired) electrons. The summed E-state index contributed by atoms with van der Waals surface area (Å²) in [5, 5.41) is 22.3. The zero-order valence-corrected chi connectivity index (χ0v) is 42.1. The highest BCUT2D eigenvalue weighted by Gasteiger charge is 2.86. The van der Waals surface area contributed by atoms with Crippen LogP contribution in [0.25, 0.3) is 17.0 Å². The molecule has 2 aromatic carbocycles. The van der Waals surface area contributed by atoms with Gasteiger partial charge in [-0.25, -0.2) is 14.0 Å². The molecule has 2 N–H and O–H groups in total. The molecule has 11 rings (SSSR count). The van der Waals surface area contributed by atoms with Crippen molar-refractivity contribution in [2.45, 2.75) is 135 Å². The number of ether oxygens (including phenoxy) is 4. The average molecular weight is 974 g/mol. The summed E-state index contributed by atoms with van der Waals surface area (Å²) in [5.41, 5.74) is -2.07. The Hall–Kier alpha value is -6.06. The molecule has 4 saturated carbocycles. The molecule has 1 spiro atoms. The van der Waals surface area contributed by atoms with E-state index < -0.39 is 74.9 Å². The van der Waals surface area contributed by atoms with Crippen molar-refractivity contribution in [3.05, 3.63) is 97.6 Å². The first-order chi connectivity index (χ1) is 33.6. The van der Waals surface area contributed by atoms with E-state index in [0.29, 0.717) is 67.8 Å². The number of esters is 1. The lowest BCUT2D eigenvalue weighted by atomic mass is 9.44. The molecule has 4 aliphatic carbocycles. The Labute approximate surface area is 412 Å². The number of anilines is 1. The number of halogens is 1. The number of phenols is 1. The van der Waals surface area contributed by atoms with Gasteiger partial charge in [0.25, 0.3) is 0 Å². The monoisotopic (exact) mass is 973 g/mol. The largest absolute Gasteiger partial charge is 0.506 e. The van der Waals surface area contributed by atoms with Gasteiger partial charge in [0.2, 0.25) is 5.43 Å². The van der Waals surface area contributed by atoms with Crippen molar-refractivity contribution >= 4 is 46.2 Å². The second-order valence-electron chi connectivity index (χ2n) is 22.1. The first-order valence-corrected chi connectivity index (χ1v) is 25.0. The van der Waals surface area contributed by atoms with E-state index in [-0.39, 0.29) is 57.7 Å². The maximum atomic E-state index is 16.3. The highest BCUT2D eigenvalue weighted by molar-refractivity contribution is 6.10.